The molecule has 0 saturated heterocycles. The number of benzene rings is 1. The smallest absolute Gasteiger partial charge is 0.0857 e. The van der Waals surface area contributed by atoms with E-state index in [4.69, 9.17) is 0 Å². The molecule has 2 atom stereocenters. The molecule has 1 N–H and O–H groups in total. The molecule has 0 spiro atoms. The molecule has 0 saturated carbocycles. The third-order valence-electron chi connectivity index (χ3n) is 2.81. The third kappa shape index (κ3) is 3.19. The fourth-order valence-electron chi connectivity index (χ4n) is 1.82. The number of hydrogen-bond acceptors (Lipinski definition) is 1. The fraction of sp³-hybridized carbons (Fsp3) is 0.429. The van der Waals surface area contributed by atoms with E-state index in [-0.39, 0.29) is 11.3 Å². The lowest BCUT2D eigenvalue weighted by Crippen LogP contribution is -2.25. The summed E-state index contributed by atoms with van der Waals surface area (Å²) in [6.07, 6.45) is 1.35. The van der Waals surface area contributed by atoms with Gasteiger partial charge in [-0.2, -0.15) is 0 Å². The van der Waals surface area contributed by atoms with E-state index in [9.17, 15) is 5.11 Å². The Morgan fingerprint density at radius 3 is 2.12 bits per heavy atom. The van der Waals surface area contributed by atoms with Gasteiger partial charge in [-0.05, 0) is 23.1 Å². The van der Waals surface area contributed by atoms with Gasteiger partial charge in [0.05, 0.1) is 6.10 Å². The Morgan fingerprint density at radius 1 is 1.25 bits per heavy atom. The SMILES string of the molecule is C=C[C@@H]([C@H](O)c1ccc(Br)cc1)C(C)(C)C. The van der Waals surface area contributed by atoms with E-state index in [1.54, 1.807) is 0 Å². The van der Waals surface area contributed by atoms with Gasteiger partial charge in [0.15, 0.2) is 0 Å². The lowest BCUT2D eigenvalue weighted by Gasteiger charge is -2.32. The van der Waals surface area contributed by atoms with Gasteiger partial charge >= 0.3 is 0 Å². The van der Waals surface area contributed by atoms with E-state index in [0.29, 0.717) is 0 Å². The average molecular weight is 283 g/mol. The second kappa shape index (κ2) is 5.15. The van der Waals surface area contributed by atoms with Crippen molar-refractivity contribution in [1.29, 1.82) is 0 Å². The van der Waals surface area contributed by atoms with Crippen LogP contribution in [-0.4, -0.2) is 5.11 Å². The summed E-state index contributed by atoms with van der Waals surface area (Å²) in [6.45, 7) is 10.2. The Balaban J connectivity index is 2.95. The minimum atomic E-state index is -0.495. The highest BCUT2D eigenvalue weighted by atomic mass is 79.9. The van der Waals surface area contributed by atoms with Gasteiger partial charge in [0.1, 0.15) is 0 Å². The first-order valence-corrected chi connectivity index (χ1v) is 6.21. The fourth-order valence-corrected chi connectivity index (χ4v) is 2.09. The predicted octanol–water partition coefficient (Wildman–Crippen LogP) is 4.33. The van der Waals surface area contributed by atoms with Crippen LogP contribution in [0, 0.1) is 11.3 Å². The maximum absolute atomic E-state index is 10.3. The van der Waals surface area contributed by atoms with Crippen molar-refractivity contribution in [3.05, 3.63) is 47.0 Å². The predicted molar refractivity (Wildman–Crippen MR) is 72.2 cm³/mol. The van der Waals surface area contributed by atoms with E-state index in [1.807, 2.05) is 30.3 Å². The maximum Gasteiger partial charge on any atom is 0.0857 e. The summed E-state index contributed by atoms with van der Waals surface area (Å²) in [6, 6.07) is 7.77. The summed E-state index contributed by atoms with van der Waals surface area (Å²) in [5, 5.41) is 10.3. The van der Waals surface area contributed by atoms with Crippen LogP contribution in [0.1, 0.15) is 32.4 Å². The zero-order valence-corrected chi connectivity index (χ0v) is 11.7. The lowest BCUT2D eigenvalue weighted by atomic mass is 9.75. The molecular weight excluding hydrogens is 264 g/mol. The number of aliphatic hydroxyl groups is 1. The molecule has 0 fully saturated rings. The molecule has 0 radical (unpaired) electrons. The highest BCUT2D eigenvalue weighted by Crippen LogP contribution is 2.37. The molecule has 1 aromatic rings. The van der Waals surface area contributed by atoms with Crippen LogP contribution in [0.2, 0.25) is 0 Å². The molecule has 0 bridgehead atoms. The van der Waals surface area contributed by atoms with Gasteiger partial charge in [-0.3, -0.25) is 0 Å². The van der Waals surface area contributed by atoms with Crippen LogP contribution in [0.15, 0.2) is 41.4 Å². The molecule has 0 unspecified atom stereocenters. The van der Waals surface area contributed by atoms with E-state index in [0.717, 1.165) is 10.0 Å². The second-order valence-electron chi connectivity index (χ2n) is 5.12. The molecule has 88 valence electrons. The number of hydrogen-bond donors (Lipinski definition) is 1. The summed E-state index contributed by atoms with van der Waals surface area (Å²) in [5.74, 6) is 0.0497. The van der Waals surface area contributed by atoms with Crippen molar-refractivity contribution in [1.82, 2.24) is 0 Å². The van der Waals surface area contributed by atoms with Crippen molar-refractivity contribution in [2.45, 2.75) is 26.9 Å². The van der Waals surface area contributed by atoms with Crippen molar-refractivity contribution in [3.63, 3.8) is 0 Å². The maximum atomic E-state index is 10.3. The molecule has 0 heterocycles. The van der Waals surface area contributed by atoms with Crippen LogP contribution in [0.3, 0.4) is 0 Å². The minimum Gasteiger partial charge on any atom is -0.388 e. The Morgan fingerprint density at radius 2 is 1.75 bits per heavy atom. The number of rotatable bonds is 3. The monoisotopic (exact) mass is 282 g/mol. The number of aliphatic hydroxyl groups excluding tert-OH is 1. The molecule has 2 heteroatoms. The lowest BCUT2D eigenvalue weighted by molar-refractivity contribution is 0.0714. The molecule has 0 amide bonds. The molecule has 1 aromatic carbocycles. The molecule has 0 aliphatic carbocycles. The Labute approximate surface area is 106 Å². The van der Waals surface area contributed by atoms with Gasteiger partial charge in [0, 0.05) is 10.4 Å². The molecule has 16 heavy (non-hydrogen) atoms. The second-order valence-corrected chi connectivity index (χ2v) is 6.04. The minimum absolute atomic E-state index is 0.00817. The zero-order valence-electron chi connectivity index (χ0n) is 10.1. The third-order valence-corrected chi connectivity index (χ3v) is 3.33. The quantitative estimate of drug-likeness (QED) is 0.818. The number of halogens is 1. The summed E-state index contributed by atoms with van der Waals surface area (Å²) < 4.78 is 1.02. The average Bonchev–Trinajstić information content (AvgIpc) is 2.17. The first kappa shape index (κ1) is 13.5. The molecule has 0 aromatic heterocycles. The Hall–Kier alpha value is -0.600. The summed E-state index contributed by atoms with van der Waals surface area (Å²) >= 11 is 3.39. The highest BCUT2D eigenvalue weighted by molar-refractivity contribution is 9.10. The van der Waals surface area contributed by atoms with Gasteiger partial charge < -0.3 is 5.11 Å². The summed E-state index contributed by atoms with van der Waals surface area (Å²) in [4.78, 5) is 0. The summed E-state index contributed by atoms with van der Waals surface area (Å²) in [5.41, 5.74) is 0.942. The summed E-state index contributed by atoms with van der Waals surface area (Å²) in [7, 11) is 0. The van der Waals surface area contributed by atoms with Crippen molar-refractivity contribution < 1.29 is 5.11 Å². The normalized spacial score (nSPS) is 15.6. The largest absolute Gasteiger partial charge is 0.388 e. The van der Waals surface area contributed by atoms with Gasteiger partial charge in [-0.1, -0.05) is 54.9 Å². The van der Waals surface area contributed by atoms with Crippen molar-refractivity contribution >= 4 is 15.9 Å². The molecular formula is C14H19BrO. The molecule has 0 aliphatic rings. The topological polar surface area (TPSA) is 20.2 Å². The van der Waals surface area contributed by atoms with Gasteiger partial charge in [-0.25, -0.2) is 0 Å². The van der Waals surface area contributed by atoms with Crippen LogP contribution in [0.5, 0.6) is 0 Å². The van der Waals surface area contributed by atoms with Crippen LogP contribution >= 0.6 is 15.9 Å². The van der Waals surface area contributed by atoms with Gasteiger partial charge in [0.25, 0.3) is 0 Å². The van der Waals surface area contributed by atoms with Crippen LogP contribution < -0.4 is 0 Å². The van der Waals surface area contributed by atoms with Crippen molar-refractivity contribution in [3.8, 4) is 0 Å². The van der Waals surface area contributed by atoms with Crippen LogP contribution in [-0.2, 0) is 0 Å². The first-order chi connectivity index (χ1) is 7.36. The van der Waals surface area contributed by atoms with Crippen molar-refractivity contribution in [2.24, 2.45) is 11.3 Å². The van der Waals surface area contributed by atoms with Crippen LogP contribution in [0.4, 0.5) is 0 Å². The molecule has 1 rings (SSSR count). The van der Waals surface area contributed by atoms with E-state index in [1.165, 1.54) is 0 Å². The van der Waals surface area contributed by atoms with E-state index >= 15 is 0 Å². The Bertz CT molecular complexity index is 348. The van der Waals surface area contributed by atoms with Crippen LogP contribution in [0.25, 0.3) is 0 Å². The molecule has 1 nitrogen and oxygen atoms in total. The zero-order chi connectivity index (χ0) is 12.3. The standard InChI is InChI=1S/C14H19BrO/c1-5-12(14(2,3)4)13(16)10-6-8-11(15)9-7-10/h5-9,12-13,16H,1H2,2-4H3/t12-,13+/m0/s1. The van der Waals surface area contributed by atoms with E-state index < -0.39 is 6.10 Å². The van der Waals surface area contributed by atoms with Gasteiger partial charge in [-0.15, -0.1) is 6.58 Å². The van der Waals surface area contributed by atoms with Crippen molar-refractivity contribution in [2.75, 3.05) is 0 Å². The first-order valence-electron chi connectivity index (χ1n) is 5.42. The Kier molecular flexibility index (Phi) is 4.34. The highest BCUT2D eigenvalue weighted by Gasteiger charge is 2.29. The molecule has 0 aliphatic heterocycles. The van der Waals surface area contributed by atoms with Gasteiger partial charge in [0.2, 0.25) is 0 Å². The van der Waals surface area contributed by atoms with E-state index in [2.05, 4.69) is 43.3 Å².